The van der Waals surface area contributed by atoms with Crippen LogP contribution in [0.4, 0.5) is 16.2 Å². The van der Waals surface area contributed by atoms with Crippen molar-refractivity contribution in [1.29, 1.82) is 0 Å². The Kier molecular flexibility index (Phi) is 9.79. The molecule has 11 heteroatoms. The summed E-state index contributed by atoms with van der Waals surface area (Å²) in [5, 5.41) is 14.2. The van der Waals surface area contributed by atoms with Crippen LogP contribution in [0.1, 0.15) is 40.1 Å². The number of nitrogens with zero attached hydrogens (tertiary/aromatic N) is 2. The maximum Gasteiger partial charge on any atom is 0.412 e. The Morgan fingerprint density at radius 3 is 1.67 bits per heavy atom. The first kappa shape index (κ1) is 30.1. The van der Waals surface area contributed by atoms with Gasteiger partial charge in [-0.05, 0) is 81.4 Å². The van der Waals surface area contributed by atoms with E-state index in [0.717, 1.165) is 21.1 Å². The van der Waals surface area contributed by atoms with Crippen LogP contribution in [0.2, 0.25) is 0 Å². The molecular formula is C31H28N4O5S2. The summed E-state index contributed by atoms with van der Waals surface area (Å²) < 4.78 is 5.27. The quantitative estimate of drug-likeness (QED) is 0.180. The van der Waals surface area contributed by atoms with Gasteiger partial charge < -0.3 is 15.2 Å². The molecule has 42 heavy (non-hydrogen) atoms. The average molecular weight is 601 g/mol. The number of anilines is 2. The summed E-state index contributed by atoms with van der Waals surface area (Å²) in [6, 6.07) is 25.2. The fourth-order valence-corrected chi connectivity index (χ4v) is 5.20. The summed E-state index contributed by atoms with van der Waals surface area (Å²) in [5.74, 6) is -1.15. The number of carbonyl (C=O) groups excluding carboxylic acids is 2. The number of pyridine rings is 2. The normalized spacial score (nSPS) is 10.6. The third-order valence-corrected chi connectivity index (χ3v) is 7.49. The van der Waals surface area contributed by atoms with E-state index in [0.29, 0.717) is 21.1 Å². The van der Waals surface area contributed by atoms with Gasteiger partial charge in [0.15, 0.2) is 0 Å². The molecule has 0 spiro atoms. The number of carbonyl (C=O) groups is 3. The number of hydrogen-bond donors (Lipinski definition) is 3. The van der Waals surface area contributed by atoms with Gasteiger partial charge in [-0.1, -0.05) is 24.3 Å². The van der Waals surface area contributed by atoms with Crippen molar-refractivity contribution < 1.29 is 24.2 Å². The highest BCUT2D eigenvalue weighted by Crippen LogP contribution is 2.29. The van der Waals surface area contributed by atoms with Gasteiger partial charge >= 0.3 is 12.1 Å². The lowest BCUT2D eigenvalue weighted by molar-refractivity contribution is 0.0634. The second kappa shape index (κ2) is 13.7. The number of aromatic carboxylic acids is 1. The molecule has 2 amide bonds. The van der Waals surface area contributed by atoms with Crippen LogP contribution in [0.25, 0.3) is 21.1 Å². The predicted molar refractivity (Wildman–Crippen MR) is 166 cm³/mol. The standard InChI is InChI=1S/C21H21N3O3S.C10H7NO2S/c1-21(2,3)27-20(26)24-15-9-5-4-8-14(15)23-19(25)18-12-11-17(28-18)16-10-6-7-13-22-16;12-10(13)9-5-4-8(14-9)7-3-1-2-6-11-7/h4-13H,1-3H3,(H,23,25)(H,24,26);1-6H,(H,12,13). The molecular weight excluding hydrogens is 572 g/mol. The van der Waals surface area contributed by atoms with Crippen molar-refractivity contribution in [3.8, 4) is 21.1 Å². The first-order chi connectivity index (χ1) is 20.1. The van der Waals surface area contributed by atoms with E-state index in [1.807, 2.05) is 42.5 Å². The number of nitrogens with one attached hydrogen (secondary N) is 2. The van der Waals surface area contributed by atoms with Gasteiger partial charge in [-0.15, -0.1) is 22.7 Å². The third kappa shape index (κ3) is 8.56. The minimum atomic E-state index is -0.891. The smallest absolute Gasteiger partial charge is 0.412 e. The zero-order valence-electron chi connectivity index (χ0n) is 23.0. The van der Waals surface area contributed by atoms with Gasteiger partial charge in [0.05, 0.1) is 37.4 Å². The number of rotatable bonds is 6. The summed E-state index contributed by atoms with van der Waals surface area (Å²) >= 11 is 2.59. The molecule has 0 atom stereocenters. The Bertz CT molecular complexity index is 1660. The first-order valence-corrected chi connectivity index (χ1v) is 14.4. The SMILES string of the molecule is CC(C)(C)OC(=O)Nc1ccccc1NC(=O)c1ccc(-c2ccccn2)s1.O=C(O)c1ccc(-c2ccccn2)s1. The number of amides is 2. The van der Waals surface area contributed by atoms with Gasteiger partial charge in [-0.25, -0.2) is 9.59 Å². The van der Waals surface area contributed by atoms with Crippen molar-refractivity contribution >= 4 is 52.0 Å². The molecule has 4 aromatic heterocycles. The van der Waals surface area contributed by atoms with E-state index in [4.69, 9.17) is 9.84 Å². The molecule has 0 aliphatic carbocycles. The minimum Gasteiger partial charge on any atom is -0.477 e. The predicted octanol–water partition coefficient (Wildman–Crippen LogP) is 7.92. The van der Waals surface area contributed by atoms with Crippen LogP contribution >= 0.6 is 22.7 Å². The van der Waals surface area contributed by atoms with E-state index >= 15 is 0 Å². The zero-order valence-corrected chi connectivity index (χ0v) is 24.7. The van der Waals surface area contributed by atoms with Crippen LogP contribution in [-0.4, -0.2) is 38.6 Å². The molecule has 4 heterocycles. The maximum absolute atomic E-state index is 12.7. The van der Waals surface area contributed by atoms with Crippen molar-refractivity contribution in [1.82, 2.24) is 9.97 Å². The number of para-hydroxylation sites is 2. The summed E-state index contributed by atoms with van der Waals surface area (Å²) in [5.41, 5.74) is 1.97. The highest BCUT2D eigenvalue weighted by atomic mass is 32.1. The van der Waals surface area contributed by atoms with Crippen molar-refractivity contribution in [3.63, 3.8) is 0 Å². The molecule has 214 valence electrons. The van der Waals surface area contributed by atoms with Gasteiger partial charge in [0.25, 0.3) is 5.91 Å². The fourth-order valence-electron chi connectivity index (χ4n) is 3.50. The van der Waals surface area contributed by atoms with Crippen LogP contribution in [-0.2, 0) is 4.74 Å². The zero-order chi connectivity index (χ0) is 30.1. The maximum atomic E-state index is 12.7. The van der Waals surface area contributed by atoms with Crippen LogP contribution < -0.4 is 10.6 Å². The Morgan fingerprint density at radius 2 is 1.19 bits per heavy atom. The Morgan fingerprint density at radius 1 is 0.690 bits per heavy atom. The summed E-state index contributed by atoms with van der Waals surface area (Å²) in [6.07, 6.45) is 2.82. The van der Waals surface area contributed by atoms with E-state index < -0.39 is 17.7 Å². The van der Waals surface area contributed by atoms with Crippen LogP contribution in [0, 0.1) is 0 Å². The van der Waals surface area contributed by atoms with Gasteiger partial charge in [0.1, 0.15) is 10.5 Å². The summed E-state index contributed by atoms with van der Waals surface area (Å²) in [4.78, 5) is 46.5. The van der Waals surface area contributed by atoms with Crippen molar-refractivity contribution in [2.45, 2.75) is 26.4 Å². The lowest BCUT2D eigenvalue weighted by Gasteiger charge is -2.20. The second-order valence-electron chi connectivity index (χ2n) is 9.69. The second-order valence-corrected chi connectivity index (χ2v) is 11.9. The molecule has 5 aromatic rings. The monoisotopic (exact) mass is 600 g/mol. The number of carboxylic acids is 1. The van der Waals surface area contributed by atoms with E-state index in [1.165, 1.54) is 22.7 Å². The van der Waals surface area contributed by atoms with E-state index in [-0.39, 0.29) is 5.91 Å². The molecule has 0 unspecified atom stereocenters. The summed E-state index contributed by atoms with van der Waals surface area (Å²) in [7, 11) is 0. The number of aromatic nitrogens is 2. The topological polar surface area (TPSA) is 131 Å². The largest absolute Gasteiger partial charge is 0.477 e. The average Bonchev–Trinajstić information content (AvgIpc) is 3.66. The number of carboxylic acid groups (broad SMARTS) is 1. The van der Waals surface area contributed by atoms with Crippen LogP contribution in [0.5, 0.6) is 0 Å². The first-order valence-electron chi connectivity index (χ1n) is 12.8. The van der Waals surface area contributed by atoms with Crippen molar-refractivity contribution in [2.24, 2.45) is 0 Å². The minimum absolute atomic E-state index is 0.259. The van der Waals surface area contributed by atoms with Crippen LogP contribution in [0.3, 0.4) is 0 Å². The molecule has 1 aromatic carbocycles. The molecule has 0 aliphatic rings. The molecule has 0 saturated heterocycles. The Labute approximate surface area is 250 Å². The Hall–Kier alpha value is -4.87. The number of hydrogen-bond acceptors (Lipinski definition) is 8. The van der Waals surface area contributed by atoms with E-state index in [1.54, 1.807) is 75.6 Å². The van der Waals surface area contributed by atoms with E-state index in [9.17, 15) is 14.4 Å². The molecule has 0 fully saturated rings. The number of thiophene rings is 2. The molecule has 0 saturated carbocycles. The van der Waals surface area contributed by atoms with Gasteiger partial charge in [0, 0.05) is 12.4 Å². The van der Waals surface area contributed by atoms with Crippen molar-refractivity contribution in [3.05, 3.63) is 107 Å². The van der Waals surface area contributed by atoms with Gasteiger partial charge in [0.2, 0.25) is 0 Å². The number of ether oxygens (including phenoxy) is 1. The molecule has 0 bridgehead atoms. The summed E-state index contributed by atoms with van der Waals surface area (Å²) in [6.45, 7) is 5.36. The molecule has 0 aliphatic heterocycles. The molecule has 9 nitrogen and oxygen atoms in total. The van der Waals surface area contributed by atoms with Gasteiger partial charge in [-0.2, -0.15) is 0 Å². The highest BCUT2D eigenvalue weighted by Gasteiger charge is 2.18. The molecule has 0 radical (unpaired) electrons. The highest BCUT2D eigenvalue weighted by molar-refractivity contribution is 7.17. The molecule has 5 rings (SSSR count). The number of benzene rings is 1. The Balaban J connectivity index is 0.000000241. The lowest BCUT2D eigenvalue weighted by Crippen LogP contribution is -2.27. The fraction of sp³-hybridized carbons (Fsp3) is 0.129. The van der Waals surface area contributed by atoms with Crippen molar-refractivity contribution in [2.75, 3.05) is 10.6 Å². The third-order valence-electron chi connectivity index (χ3n) is 5.29. The van der Waals surface area contributed by atoms with Crippen LogP contribution in [0.15, 0.2) is 97.3 Å². The lowest BCUT2D eigenvalue weighted by atomic mass is 10.2. The molecule has 3 N–H and O–H groups in total. The van der Waals surface area contributed by atoms with E-state index in [2.05, 4.69) is 20.6 Å². The van der Waals surface area contributed by atoms with Gasteiger partial charge in [-0.3, -0.25) is 20.1 Å².